The van der Waals surface area contributed by atoms with Crippen LogP contribution in [0, 0.1) is 0 Å². The van der Waals surface area contributed by atoms with E-state index < -0.39 is 5.92 Å². The zero-order valence-electron chi connectivity index (χ0n) is 19.1. The third-order valence-corrected chi connectivity index (χ3v) is 6.66. The first-order valence-electron chi connectivity index (χ1n) is 11.8. The number of anilines is 3. The molecular formula is C27H29N5O2. The Labute approximate surface area is 199 Å². The Morgan fingerprint density at radius 3 is 2.53 bits per heavy atom. The van der Waals surface area contributed by atoms with E-state index in [4.69, 9.17) is 0 Å². The number of aromatic nitrogens is 1. The van der Waals surface area contributed by atoms with Gasteiger partial charge in [0.05, 0.1) is 17.3 Å². The van der Waals surface area contributed by atoms with E-state index in [1.165, 1.54) is 5.56 Å². The molecule has 2 aliphatic heterocycles. The second-order valence-corrected chi connectivity index (χ2v) is 8.83. The predicted octanol–water partition coefficient (Wildman–Crippen LogP) is 3.51. The van der Waals surface area contributed by atoms with Gasteiger partial charge in [0.1, 0.15) is 0 Å². The summed E-state index contributed by atoms with van der Waals surface area (Å²) in [6, 6.07) is 19.6. The average Bonchev–Trinajstić information content (AvgIpc) is 2.88. The van der Waals surface area contributed by atoms with Crippen LogP contribution in [0.2, 0.25) is 0 Å². The molecule has 3 heterocycles. The molecule has 1 saturated heterocycles. The first-order chi connectivity index (χ1) is 16.7. The summed E-state index contributed by atoms with van der Waals surface area (Å²) < 4.78 is 0. The number of nitrogens with one attached hydrogen (secondary N) is 2. The largest absolute Gasteiger partial charge is 0.367 e. The van der Waals surface area contributed by atoms with Crippen molar-refractivity contribution in [2.75, 3.05) is 48.3 Å². The monoisotopic (exact) mass is 455 g/mol. The molecule has 5 rings (SSSR count). The van der Waals surface area contributed by atoms with Gasteiger partial charge in [-0.3, -0.25) is 19.5 Å². The lowest BCUT2D eigenvalue weighted by atomic mass is 9.89. The maximum atomic E-state index is 13.3. The molecular weight excluding hydrogens is 426 g/mol. The molecule has 1 fully saturated rings. The highest BCUT2D eigenvalue weighted by Crippen LogP contribution is 2.34. The van der Waals surface area contributed by atoms with E-state index >= 15 is 0 Å². The Morgan fingerprint density at radius 2 is 1.71 bits per heavy atom. The van der Waals surface area contributed by atoms with Crippen LogP contribution < -0.4 is 15.5 Å². The molecule has 1 aromatic heterocycles. The van der Waals surface area contributed by atoms with Crippen molar-refractivity contribution in [2.45, 2.75) is 18.8 Å². The Balaban J connectivity index is 1.23. The molecule has 34 heavy (non-hydrogen) atoms. The first kappa shape index (κ1) is 22.1. The lowest BCUT2D eigenvalue weighted by Gasteiger charge is -2.37. The van der Waals surface area contributed by atoms with Crippen LogP contribution in [0.1, 0.15) is 23.5 Å². The minimum atomic E-state index is -0.497. The molecule has 174 valence electrons. The minimum Gasteiger partial charge on any atom is -0.367 e. The summed E-state index contributed by atoms with van der Waals surface area (Å²) in [5, 5.41) is 5.98. The number of pyridine rings is 1. The molecule has 2 N–H and O–H groups in total. The van der Waals surface area contributed by atoms with E-state index in [1.54, 1.807) is 0 Å². The van der Waals surface area contributed by atoms with Gasteiger partial charge in [-0.25, -0.2) is 0 Å². The molecule has 7 heteroatoms. The van der Waals surface area contributed by atoms with E-state index in [0.29, 0.717) is 0 Å². The SMILES string of the molecule is O=C1CC(C(=O)Nc2ccccc2N2CCN(CCc3ccncc3)CC2)c2ccccc2N1. The normalized spacial score (nSPS) is 18.2. The van der Waals surface area contributed by atoms with Crippen LogP contribution in [-0.2, 0) is 16.0 Å². The summed E-state index contributed by atoms with van der Waals surface area (Å²) in [7, 11) is 0. The topological polar surface area (TPSA) is 77.6 Å². The van der Waals surface area contributed by atoms with Crippen LogP contribution in [0.25, 0.3) is 0 Å². The number of rotatable bonds is 6. The zero-order chi connectivity index (χ0) is 23.3. The van der Waals surface area contributed by atoms with Gasteiger partial charge >= 0.3 is 0 Å². The van der Waals surface area contributed by atoms with Crippen molar-refractivity contribution in [2.24, 2.45) is 0 Å². The summed E-state index contributed by atoms with van der Waals surface area (Å²) in [6.07, 6.45) is 4.86. The van der Waals surface area contributed by atoms with E-state index in [1.807, 2.05) is 54.9 Å². The Hall–Kier alpha value is -3.71. The van der Waals surface area contributed by atoms with Crippen LogP contribution in [0.5, 0.6) is 0 Å². The molecule has 3 aromatic rings. The van der Waals surface area contributed by atoms with Crippen molar-refractivity contribution in [3.05, 3.63) is 84.2 Å². The van der Waals surface area contributed by atoms with E-state index in [0.717, 1.165) is 61.8 Å². The van der Waals surface area contributed by atoms with Crippen molar-refractivity contribution < 1.29 is 9.59 Å². The quantitative estimate of drug-likeness (QED) is 0.595. The van der Waals surface area contributed by atoms with Crippen LogP contribution in [-0.4, -0.2) is 54.4 Å². The molecule has 0 saturated carbocycles. The molecule has 2 aromatic carbocycles. The highest BCUT2D eigenvalue weighted by Gasteiger charge is 2.31. The van der Waals surface area contributed by atoms with Gasteiger partial charge in [-0.15, -0.1) is 0 Å². The number of hydrogen-bond acceptors (Lipinski definition) is 5. The van der Waals surface area contributed by atoms with Crippen molar-refractivity contribution in [1.82, 2.24) is 9.88 Å². The van der Waals surface area contributed by atoms with Gasteiger partial charge < -0.3 is 15.5 Å². The Morgan fingerprint density at radius 1 is 0.971 bits per heavy atom. The van der Waals surface area contributed by atoms with E-state index in [-0.39, 0.29) is 18.2 Å². The van der Waals surface area contributed by atoms with Gasteiger partial charge in [-0.05, 0) is 47.9 Å². The minimum absolute atomic E-state index is 0.130. The van der Waals surface area contributed by atoms with Gasteiger partial charge in [0.25, 0.3) is 0 Å². The molecule has 2 aliphatic rings. The van der Waals surface area contributed by atoms with Crippen LogP contribution >= 0.6 is 0 Å². The highest BCUT2D eigenvalue weighted by molar-refractivity contribution is 6.06. The summed E-state index contributed by atoms with van der Waals surface area (Å²) >= 11 is 0. The standard InChI is InChI=1S/C27H29N5O2/c33-26-19-22(21-5-1-2-6-23(21)29-26)27(34)30-24-7-3-4-8-25(24)32-17-15-31(16-18-32)14-11-20-9-12-28-13-10-20/h1-10,12-13,22H,11,14-19H2,(H,29,33)(H,30,34). The second-order valence-electron chi connectivity index (χ2n) is 8.83. The Kier molecular flexibility index (Phi) is 6.53. The van der Waals surface area contributed by atoms with Gasteiger partial charge in [-0.2, -0.15) is 0 Å². The van der Waals surface area contributed by atoms with E-state index in [9.17, 15) is 9.59 Å². The average molecular weight is 456 g/mol. The van der Waals surface area contributed by atoms with Gasteiger partial charge in [-0.1, -0.05) is 30.3 Å². The summed E-state index contributed by atoms with van der Waals surface area (Å²) in [4.78, 5) is 34.3. The number of nitrogens with zero attached hydrogens (tertiary/aromatic N) is 3. The third-order valence-electron chi connectivity index (χ3n) is 6.66. The highest BCUT2D eigenvalue weighted by atomic mass is 16.2. The number of amides is 2. The number of fused-ring (bicyclic) bond motifs is 1. The molecule has 0 aliphatic carbocycles. The molecule has 0 radical (unpaired) electrons. The summed E-state index contributed by atoms with van der Waals surface area (Å²) in [5.74, 6) is -0.774. The Bertz CT molecular complexity index is 1160. The fraction of sp³-hybridized carbons (Fsp3) is 0.296. The van der Waals surface area contributed by atoms with Gasteiger partial charge in [0.15, 0.2) is 0 Å². The molecule has 7 nitrogen and oxygen atoms in total. The van der Waals surface area contributed by atoms with Crippen LogP contribution in [0.15, 0.2) is 73.1 Å². The van der Waals surface area contributed by atoms with E-state index in [2.05, 4.69) is 43.6 Å². The number of piperazine rings is 1. The zero-order valence-corrected chi connectivity index (χ0v) is 19.1. The smallest absolute Gasteiger partial charge is 0.232 e. The maximum absolute atomic E-state index is 13.3. The van der Waals surface area contributed by atoms with Crippen molar-refractivity contribution in [1.29, 1.82) is 0 Å². The lowest BCUT2D eigenvalue weighted by Crippen LogP contribution is -2.47. The van der Waals surface area contributed by atoms with Gasteiger partial charge in [0, 0.05) is 57.2 Å². The number of hydrogen-bond donors (Lipinski definition) is 2. The number of carbonyl (C=O) groups is 2. The molecule has 2 amide bonds. The van der Waals surface area contributed by atoms with Crippen LogP contribution in [0.4, 0.5) is 17.1 Å². The van der Waals surface area contributed by atoms with Crippen LogP contribution in [0.3, 0.4) is 0 Å². The first-order valence-corrected chi connectivity index (χ1v) is 11.8. The summed E-state index contributed by atoms with van der Waals surface area (Å²) in [6.45, 7) is 4.78. The van der Waals surface area contributed by atoms with Crippen molar-refractivity contribution >= 4 is 28.9 Å². The number of carbonyl (C=O) groups excluding carboxylic acids is 2. The molecule has 1 atom stereocenters. The molecule has 1 unspecified atom stereocenters. The van der Waals surface area contributed by atoms with Gasteiger partial charge in [0.2, 0.25) is 11.8 Å². The number of para-hydroxylation sites is 3. The maximum Gasteiger partial charge on any atom is 0.232 e. The second kappa shape index (κ2) is 10.1. The molecule has 0 spiro atoms. The molecule has 0 bridgehead atoms. The summed E-state index contributed by atoms with van der Waals surface area (Å²) in [5.41, 5.74) is 4.71. The van der Waals surface area contributed by atoms with Crippen molar-refractivity contribution in [3.63, 3.8) is 0 Å². The van der Waals surface area contributed by atoms with Crippen molar-refractivity contribution in [3.8, 4) is 0 Å². The number of benzene rings is 2. The third kappa shape index (κ3) is 4.94. The fourth-order valence-corrected chi connectivity index (χ4v) is 4.77. The lowest BCUT2D eigenvalue weighted by molar-refractivity contribution is -0.123. The fourth-order valence-electron chi connectivity index (χ4n) is 4.77. The predicted molar refractivity (Wildman–Crippen MR) is 134 cm³/mol.